The molecule has 0 bridgehead atoms. The molecule has 13 heavy (non-hydrogen) atoms. The molecule has 0 aliphatic heterocycles. The summed E-state index contributed by atoms with van der Waals surface area (Å²) < 4.78 is 0. The lowest BCUT2D eigenvalue weighted by Crippen LogP contribution is -2.48. The van der Waals surface area contributed by atoms with E-state index in [1.807, 2.05) is 0 Å². The molecule has 5 heteroatoms. The second-order valence-electron chi connectivity index (χ2n) is 3.23. The molecule has 0 unspecified atom stereocenters. The molecule has 0 saturated carbocycles. The maximum absolute atomic E-state index is 2.25. The van der Waals surface area contributed by atoms with Gasteiger partial charge in [-0.15, -0.1) is 0 Å². The first-order valence-corrected chi connectivity index (χ1v) is 12.6. The van der Waals surface area contributed by atoms with Crippen molar-refractivity contribution in [3.8, 4) is 0 Å². The summed E-state index contributed by atoms with van der Waals surface area (Å²) in [5, 5.41) is 5.76. The van der Waals surface area contributed by atoms with Crippen molar-refractivity contribution in [1.82, 2.24) is 0 Å². The minimum Gasteiger partial charge on any atom is -0.168 e. The molecule has 0 rings (SSSR count). The van der Waals surface area contributed by atoms with Crippen LogP contribution in [-0.2, 0) is 0 Å². The van der Waals surface area contributed by atoms with Crippen LogP contribution in [0, 0.1) is 0 Å². The van der Waals surface area contributed by atoms with E-state index in [-0.39, 0.29) is 0 Å². The van der Waals surface area contributed by atoms with E-state index in [0.717, 1.165) is 0 Å². The van der Waals surface area contributed by atoms with Crippen molar-refractivity contribution >= 4 is 55.1 Å². The fourth-order valence-electron chi connectivity index (χ4n) is 1.47. The van der Waals surface area contributed by atoms with Gasteiger partial charge in [0.2, 0.25) is 0 Å². The van der Waals surface area contributed by atoms with Crippen molar-refractivity contribution in [3.05, 3.63) is 0 Å². The van der Waals surface area contributed by atoms with Gasteiger partial charge >= 0.3 is 0 Å². The zero-order valence-electron chi connectivity index (χ0n) is 8.96. The fourth-order valence-corrected chi connectivity index (χ4v) is 17.8. The minimum absolute atomic E-state index is 0.944. The van der Waals surface area contributed by atoms with Crippen LogP contribution in [0.3, 0.4) is 0 Å². The van der Waals surface area contributed by atoms with Gasteiger partial charge in [-0.3, -0.25) is 0 Å². The van der Waals surface area contributed by atoms with Gasteiger partial charge in [-0.25, -0.2) is 0 Å². The van der Waals surface area contributed by atoms with Crippen molar-refractivity contribution in [2.75, 3.05) is 46.5 Å². The summed E-state index contributed by atoms with van der Waals surface area (Å²) in [5.74, 6) is 0. The van der Waals surface area contributed by atoms with E-state index in [0.29, 0.717) is 0 Å². The van der Waals surface area contributed by atoms with Crippen LogP contribution < -0.4 is 0 Å². The molecule has 0 aliphatic carbocycles. The Hall–Kier alpha value is 1.62. The van der Waals surface area contributed by atoms with Crippen LogP contribution in [-0.4, -0.2) is 54.6 Å². The van der Waals surface area contributed by atoms with E-state index in [1.165, 1.54) is 21.5 Å². The quantitative estimate of drug-likeness (QED) is 0.623. The van der Waals surface area contributed by atoms with Crippen LogP contribution in [0.25, 0.3) is 0 Å². The van der Waals surface area contributed by atoms with Crippen LogP contribution in [0.5, 0.6) is 0 Å². The highest BCUT2D eigenvalue weighted by atomic mass is 32.2. The average molecular weight is 273 g/mol. The Balaban J connectivity index is 4.19. The van der Waals surface area contributed by atoms with E-state index in [1.54, 1.807) is 0 Å². The van der Waals surface area contributed by atoms with Gasteiger partial charge in [-0.1, -0.05) is 0 Å². The molecule has 0 fully saturated rings. The molecule has 80 valence electrons. The highest BCUT2D eigenvalue weighted by Gasteiger charge is 2.30. The minimum atomic E-state index is -0.944. The molecule has 0 aromatic rings. The van der Waals surface area contributed by atoms with Crippen molar-refractivity contribution in [3.63, 3.8) is 0 Å². The standard InChI is InChI=1S/C8H20S4Si/c1-9-5-13(6-10-2,7-11-3)8-12-4/h5-8H2,1-4H3. The van der Waals surface area contributed by atoms with Crippen molar-refractivity contribution in [2.45, 2.75) is 0 Å². The molecule has 0 nitrogen and oxygen atoms in total. The zero-order chi connectivity index (χ0) is 10.2. The molecule has 0 heterocycles. The van der Waals surface area contributed by atoms with E-state index in [4.69, 9.17) is 0 Å². The van der Waals surface area contributed by atoms with Crippen molar-refractivity contribution < 1.29 is 0 Å². The third-order valence-electron chi connectivity index (χ3n) is 1.80. The van der Waals surface area contributed by atoms with Gasteiger partial charge in [0.15, 0.2) is 0 Å². The summed E-state index contributed by atoms with van der Waals surface area (Å²) >= 11 is 8.20. The third kappa shape index (κ3) is 5.92. The first kappa shape index (κ1) is 14.6. The summed E-state index contributed by atoms with van der Waals surface area (Å²) in [7, 11) is -0.944. The van der Waals surface area contributed by atoms with Crippen LogP contribution in [0.15, 0.2) is 0 Å². The fraction of sp³-hybridized carbons (Fsp3) is 1.00. The van der Waals surface area contributed by atoms with Gasteiger partial charge < -0.3 is 0 Å². The van der Waals surface area contributed by atoms with Crippen LogP contribution in [0.1, 0.15) is 0 Å². The lowest BCUT2D eigenvalue weighted by atomic mass is 11.7. The highest BCUT2D eigenvalue weighted by Crippen LogP contribution is 2.22. The predicted molar refractivity (Wildman–Crippen MR) is 79.3 cm³/mol. The SMILES string of the molecule is CSC[Si](CSC)(CSC)CSC. The Morgan fingerprint density at radius 2 is 0.846 bits per heavy atom. The molecular weight excluding hydrogens is 252 g/mol. The van der Waals surface area contributed by atoms with Crippen LogP contribution >= 0.6 is 47.0 Å². The first-order valence-electron chi connectivity index (χ1n) is 4.20. The molecule has 0 saturated heterocycles. The van der Waals surface area contributed by atoms with Gasteiger partial charge in [0.05, 0.1) is 8.07 Å². The summed E-state index contributed by atoms with van der Waals surface area (Å²) in [6.45, 7) is 0. The average Bonchev–Trinajstić information content (AvgIpc) is 2.06. The van der Waals surface area contributed by atoms with E-state index < -0.39 is 8.07 Å². The molecule has 0 radical (unpaired) electrons. The Bertz CT molecular complexity index is 91.2. The number of thioether (sulfide) groups is 4. The molecule has 0 aliphatic rings. The molecule has 0 amide bonds. The third-order valence-corrected chi connectivity index (χ3v) is 16.2. The summed E-state index contributed by atoms with van der Waals surface area (Å²) in [4.78, 5) is 0. The van der Waals surface area contributed by atoms with Crippen molar-refractivity contribution in [2.24, 2.45) is 0 Å². The van der Waals surface area contributed by atoms with Crippen LogP contribution in [0.2, 0.25) is 0 Å². The largest absolute Gasteiger partial charge is 0.168 e. The maximum Gasteiger partial charge on any atom is 0.0930 e. The summed E-state index contributed by atoms with van der Waals surface area (Å²) in [5.41, 5.74) is 0. The number of rotatable bonds is 8. The van der Waals surface area contributed by atoms with E-state index >= 15 is 0 Å². The molecule has 0 aromatic heterocycles. The second-order valence-corrected chi connectivity index (χ2v) is 13.2. The van der Waals surface area contributed by atoms with E-state index in [9.17, 15) is 0 Å². The highest BCUT2D eigenvalue weighted by molar-refractivity contribution is 8.07. The second kappa shape index (κ2) is 8.89. The number of hydrogen-bond acceptors (Lipinski definition) is 4. The molecule has 0 aromatic carbocycles. The lowest BCUT2D eigenvalue weighted by Gasteiger charge is -2.29. The number of hydrogen-bond donors (Lipinski definition) is 0. The Labute approximate surface area is 101 Å². The van der Waals surface area contributed by atoms with E-state index in [2.05, 4.69) is 72.1 Å². The van der Waals surface area contributed by atoms with Gasteiger partial charge in [0.25, 0.3) is 0 Å². The molecule has 0 spiro atoms. The van der Waals surface area contributed by atoms with Gasteiger partial charge in [-0.05, 0) is 46.5 Å². The lowest BCUT2D eigenvalue weighted by molar-refractivity contribution is 1.60. The molecule has 0 atom stereocenters. The Kier molecular flexibility index (Phi) is 9.99. The zero-order valence-corrected chi connectivity index (χ0v) is 13.2. The topological polar surface area (TPSA) is 0 Å². The predicted octanol–water partition coefficient (Wildman–Crippen LogP) is 3.04. The summed E-state index contributed by atoms with van der Waals surface area (Å²) in [6.07, 6.45) is 9.01. The first-order chi connectivity index (χ1) is 6.24. The summed E-state index contributed by atoms with van der Waals surface area (Å²) in [6, 6.07) is 0. The Morgan fingerprint density at radius 1 is 0.615 bits per heavy atom. The maximum atomic E-state index is 2.25. The van der Waals surface area contributed by atoms with Crippen molar-refractivity contribution in [1.29, 1.82) is 0 Å². The van der Waals surface area contributed by atoms with Crippen LogP contribution in [0.4, 0.5) is 0 Å². The molecular formula is C8H20S4Si. The normalized spacial score (nSPS) is 12.0. The Morgan fingerprint density at radius 3 is 1.00 bits per heavy atom. The van der Waals surface area contributed by atoms with Gasteiger partial charge in [0.1, 0.15) is 0 Å². The van der Waals surface area contributed by atoms with Gasteiger partial charge in [0, 0.05) is 0 Å². The molecule has 0 N–H and O–H groups in total. The van der Waals surface area contributed by atoms with Gasteiger partial charge in [-0.2, -0.15) is 47.0 Å². The smallest absolute Gasteiger partial charge is 0.0930 e. The monoisotopic (exact) mass is 272 g/mol.